The lowest BCUT2D eigenvalue weighted by Gasteiger charge is -2.06. The topological polar surface area (TPSA) is 43.8 Å². The van der Waals surface area contributed by atoms with E-state index >= 15 is 0 Å². The van der Waals surface area contributed by atoms with Gasteiger partial charge in [-0.25, -0.2) is 4.68 Å². The van der Waals surface area contributed by atoms with Gasteiger partial charge in [-0.3, -0.25) is 0 Å². The lowest BCUT2D eigenvalue weighted by Crippen LogP contribution is -2.02. The molecule has 17 heavy (non-hydrogen) atoms. The Bertz CT molecular complexity index is 522. The number of benzene rings is 1. The molecule has 0 atom stereocenters. The first kappa shape index (κ1) is 12.3. The fourth-order valence-electron chi connectivity index (χ4n) is 1.50. The summed E-state index contributed by atoms with van der Waals surface area (Å²) in [7, 11) is 0. The van der Waals surface area contributed by atoms with E-state index in [4.69, 9.17) is 17.3 Å². The molecule has 0 aliphatic carbocycles. The van der Waals surface area contributed by atoms with Crippen molar-refractivity contribution in [3.05, 3.63) is 35.5 Å². The summed E-state index contributed by atoms with van der Waals surface area (Å²) in [4.78, 5) is 1.000. The molecule has 0 saturated heterocycles. The van der Waals surface area contributed by atoms with Crippen LogP contribution in [0.25, 0.3) is 5.69 Å². The largest absolute Gasteiger partial charge is 0.383 e. The highest BCUT2D eigenvalue weighted by Gasteiger charge is 2.10. The van der Waals surface area contributed by atoms with Crippen molar-refractivity contribution >= 4 is 29.2 Å². The molecule has 5 heteroatoms. The molecule has 0 saturated carbocycles. The van der Waals surface area contributed by atoms with Gasteiger partial charge in [0.1, 0.15) is 5.82 Å². The number of hydrogen-bond donors (Lipinski definition) is 1. The van der Waals surface area contributed by atoms with Gasteiger partial charge < -0.3 is 5.73 Å². The smallest absolute Gasteiger partial charge is 0.140 e. The van der Waals surface area contributed by atoms with Crippen molar-refractivity contribution in [3.8, 4) is 5.69 Å². The monoisotopic (exact) mass is 267 g/mol. The molecule has 2 rings (SSSR count). The van der Waals surface area contributed by atoms with Crippen LogP contribution in [0, 0.1) is 0 Å². The van der Waals surface area contributed by atoms with Gasteiger partial charge in [0.05, 0.1) is 16.8 Å². The molecule has 2 aromatic rings. The molecule has 1 heterocycles. The van der Waals surface area contributed by atoms with Crippen LogP contribution in [-0.4, -0.2) is 15.0 Å². The highest BCUT2D eigenvalue weighted by atomic mass is 35.5. The van der Waals surface area contributed by atoms with Crippen LogP contribution in [0.2, 0.25) is 5.02 Å². The van der Waals surface area contributed by atoms with Crippen molar-refractivity contribution in [2.75, 3.05) is 5.73 Å². The van der Waals surface area contributed by atoms with E-state index in [1.807, 2.05) is 24.3 Å². The Labute approximate surface area is 110 Å². The Morgan fingerprint density at radius 3 is 2.82 bits per heavy atom. The predicted molar refractivity (Wildman–Crippen MR) is 74.0 cm³/mol. The van der Waals surface area contributed by atoms with Crippen LogP contribution in [0.5, 0.6) is 0 Å². The van der Waals surface area contributed by atoms with Crippen molar-refractivity contribution in [2.24, 2.45) is 0 Å². The molecule has 0 fully saturated rings. The predicted octanol–water partition coefficient (Wildman–Crippen LogP) is 3.61. The number of nitrogen functional groups attached to an aromatic ring is 1. The summed E-state index contributed by atoms with van der Waals surface area (Å²) >= 11 is 7.65. The summed E-state index contributed by atoms with van der Waals surface area (Å²) in [5.41, 5.74) is 6.95. The van der Waals surface area contributed by atoms with Gasteiger partial charge in [0.15, 0.2) is 0 Å². The second-order valence-electron chi connectivity index (χ2n) is 3.95. The number of anilines is 1. The highest BCUT2D eigenvalue weighted by molar-refractivity contribution is 8.00. The summed E-state index contributed by atoms with van der Waals surface area (Å²) in [5.74, 6) is 0.658. The molecular formula is C12H14ClN3S. The van der Waals surface area contributed by atoms with Crippen molar-refractivity contribution in [1.82, 2.24) is 9.78 Å². The Kier molecular flexibility index (Phi) is 3.64. The first-order valence-corrected chi connectivity index (χ1v) is 6.60. The maximum Gasteiger partial charge on any atom is 0.140 e. The molecule has 1 aromatic heterocycles. The van der Waals surface area contributed by atoms with Crippen molar-refractivity contribution < 1.29 is 0 Å². The number of aromatic nitrogens is 2. The Morgan fingerprint density at radius 1 is 1.41 bits per heavy atom. The van der Waals surface area contributed by atoms with Gasteiger partial charge in [0.25, 0.3) is 0 Å². The number of rotatable bonds is 3. The molecule has 0 bridgehead atoms. The van der Waals surface area contributed by atoms with E-state index in [0.29, 0.717) is 16.1 Å². The second kappa shape index (κ2) is 5.02. The third kappa shape index (κ3) is 2.76. The lowest BCUT2D eigenvalue weighted by molar-refractivity contribution is 0.891. The Hall–Kier alpha value is -1.13. The number of thioether (sulfide) groups is 1. The van der Waals surface area contributed by atoms with Crippen LogP contribution < -0.4 is 5.73 Å². The molecule has 0 amide bonds. The third-order valence-electron chi connectivity index (χ3n) is 2.19. The minimum absolute atomic E-state index is 0.481. The third-order valence-corrected chi connectivity index (χ3v) is 3.46. The molecule has 0 aliphatic rings. The van der Waals surface area contributed by atoms with Gasteiger partial charge in [-0.1, -0.05) is 31.5 Å². The normalized spacial score (nSPS) is 11.1. The standard InChI is InChI=1S/C12H14ClN3S/c1-8(2)17-11-7-15-16(12(11)14)10-5-3-4-9(13)6-10/h3-8H,14H2,1-2H3. The SMILES string of the molecule is CC(C)Sc1cnn(-c2cccc(Cl)c2)c1N. The number of halogens is 1. The molecule has 90 valence electrons. The molecule has 0 spiro atoms. The van der Waals surface area contributed by atoms with Crippen LogP contribution in [0.3, 0.4) is 0 Å². The molecule has 0 unspecified atom stereocenters. The van der Waals surface area contributed by atoms with E-state index in [1.54, 1.807) is 22.6 Å². The quantitative estimate of drug-likeness (QED) is 0.864. The zero-order valence-electron chi connectivity index (χ0n) is 9.72. The summed E-state index contributed by atoms with van der Waals surface area (Å²) in [5, 5.41) is 5.45. The zero-order valence-corrected chi connectivity index (χ0v) is 11.3. The Balaban J connectivity index is 2.37. The summed E-state index contributed by atoms with van der Waals surface area (Å²) in [6.07, 6.45) is 1.79. The lowest BCUT2D eigenvalue weighted by atomic mass is 10.3. The van der Waals surface area contributed by atoms with Crippen LogP contribution in [0.15, 0.2) is 35.4 Å². The molecule has 1 aromatic carbocycles. The summed E-state index contributed by atoms with van der Waals surface area (Å²) in [6, 6.07) is 7.48. The van der Waals surface area contributed by atoms with E-state index in [-0.39, 0.29) is 0 Å². The average molecular weight is 268 g/mol. The highest BCUT2D eigenvalue weighted by Crippen LogP contribution is 2.30. The van der Waals surface area contributed by atoms with E-state index in [2.05, 4.69) is 18.9 Å². The van der Waals surface area contributed by atoms with Crippen LogP contribution >= 0.6 is 23.4 Å². The molecule has 0 radical (unpaired) electrons. The van der Waals surface area contributed by atoms with Gasteiger partial charge in [-0.05, 0) is 18.2 Å². The van der Waals surface area contributed by atoms with Crippen LogP contribution in [-0.2, 0) is 0 Å². The van der Waals surface area contributed by atoms with Gasteiger partial charge in [-0.2, -0.15) is 5.10 Å². The summed E-state index contributed by atoms with van der Waals surface area (Å²) < 4.78 is 1.70. The fourth-order valence-corrected chi connectivity index (χ4v) is 2.51. The number of nitrogens with two attached hydrogens (primary N) is 1. The van der Waals surface area contributed by atoms with Crippen molar-refractivity contribution in [2.45, 2.75) is 24.0 Å². The Morgan fingerprint density at radius 2 is 2.18 bits per heavy atom. The fraction of sp³-hybridized carbons (Fsp3) is 0.250. The van der Waals surface area contributed by atoms with Gasteiger partial charge in [-0.15, -0.1) is 11.8 Å². The van der Waals surface area contributed by atoms with E-state index in [0.717, 1.165) is 10.6 Å². The van der Waals surface area contributed by atoms with Gasteiger partial charge in [0.2, 0.25) is 0 Å². The van der Waals surface area contributed by atoms with Gasteiger partial charge >= 0.3 is 0 Å². The second-order valence-corrected chi connectivity index (χ2v) is 6.01. The zero-order chi connectivity index (χ0) is 12.4. The molecule has 2 N–H and O–H groups in total. The minimum atomic E-state index is 0.481. The van der Waals surface area contributed by atoms with Crippen molar-refractivity contribution in [1.29, 1.82) is 0 Å². The van der Waals surface area contributed by atoms with E-state index in [9.17, 15) is 0 Å². The van der Waals surface area contributed by atoms with Gasteiger partial charge in [0, 0.05) is 10.3 Å². The molecule has 0 aliphatic heterocycles. The average Bonchev–Trinajstić information content (AvgIpc) is 2.60. The molecule has 3 nitrogen and oxygen atoms in total. The van der Waals surface area contributed by atoms with E-state index < -0.39 is 0 Å². The summed E-state index contributed by atoms with van der Waals surface area (Å²) in [6.45, 7) is 4.25. The number of hydrogen-bond acceptors (Lipinski definition) is 3. The van der Waals surface area contributed by atoms with E-state index in [1.165, 1.54) is 0 Å². The minimum Gasteiger partial charge on any atom is -0.383 e. The first-order valence-electron chi connectivity index (χ1n) is 5.34. The maximum atomic E-state index is 6.07. The van der Waals surface area contributed by atoms with Crippen LogP contribution in [0.4, 0.5) is 5.82 Å². The number of nitrogens with zero attached hydrogens (tertiary/aromatic N) is 2. The first-order chi connectivity index (χ1) is 8.08. The van der Waals surface area contributed by atoms with Crippen LogP contribution in [0.1, 0.15) is 13.8 Å². The maximum absolute atomic E-state index is 6.07. The molecular weight excluding hydrogens is 254 g/mol. The van der Waals surface area contributed by atoms with Crippen molar-refractivity contribution in [3.63, 3.8) is 0 Å².